The predicted octanol–water partition coefficient (Wildman–Crippen LogP) is 4.32. The van der Waals surface area contributed by atoms with Crippen molar-refractivity contribution in [3.05, 3.63) is 47.5 Å². The minimum atomic E-state index is 0.275. The Morgan fingerprint density at radius 3 is 2.53 bits per heavy atom. The number of benzene rings is 1. The van der Waals surface area contributed by atoms with E-state index in [0.717, 1.165) is 25.7 Å². The molecule has 1 rings (SSSR count). The molecular weight excluding hydrogens is 208 g/mol. The van der Waals surface area contributed by atoms with Crippen molar-refractivity contribution in [3.8, 4) is 0 Å². The Labute approximate surface area is 105 Å². The summed E-state index contributed by atoms with van der Waals surface area (Å²) in [6.07, 6.45) is 6.59. The number of allylic oxidation sites excluding steroid dienone is 2. The highest BCUT2D eigenvalue weighted by Gasteiger charge is 1.99. The third-order valence-corrected chi connectivity index (χ3v) is 2.83. The molecule has 0 N–H and O–H groups in total. The first-order chi connectivity index (χ1) is 8.22. The summed E-state index contributed by atoms with van der Waals surface area (Å²) in [5.74, 6) is 0.275. The largest absolute Gasteiger partial charge is 0.295 e. The summed E-state index contributed by atoms with van der Waals surface area (Å²) in [6.45, 7) is 4.16. The number of aryl methyl sites for hydroxylation is 1. The molecule has 0 aliphatic rings. The SMILES string of the molecule is CCCCC(=O)/C=C(\C)CCc1ccccc1. The lowest BCUT2D eigenvalue weighted by molar-refractivity contribution is -0.114. The summed E-state index contributed by atoms with van der Waals surface area (Å²) in [5, 5.41) is 0. The summed E-state index contributed by atoms with van der Waals surface area (Å²) >= 11 is 0. The van der Waals surface area contributed by atoms with Gasteiger partial charge in [-0.3, -0.25) is 4.79 Å². The summed E-state index contributed by atoms with van der Waals surface area (Å²) in [6, 6.07) is 10.4. The molecule has 0 amide bonds. The van der Waals surface area contributed by atoms with Gasteiger partial charge >= 0.3 is 0 Å². The van der Waals surface area contributed by atoms with E-state index in [1.54, 1.807) is 0 Å². The molecule has 1 nitrogen and oxygen atoms in total. The van der Waals surface area contributed by atoms with Crippen molar-refractivity contribution >= 4 is 5.78 Å². The van der Waals surface area contributed by atoms with Crippen LogP contribution in [0, 0.1) is 0 Å². The Kier molecular flexibility index (Phi) is 6.31. The molecule has 17 heavy (non-hydrogen) atoms. The molecule has 0 aliphatic carbocycles. The molecule has 0 aliphatic heterocycles. The van der Waals surface area contributed by atoms with Crippen molar-refractivity contribution < 1.29 is 4.79 Å². The molecule has 0 radical (unpaired) electrons. The Bertz CT molecular complexity index is 362. The summed E-state index contributed by atoms with van der Waals surface area (Å²) < 4.78 is 0. The van der Waals surface area contributed by atoms with Crippen LogP contribution >= 0.6 is 0 Å². The molecule has 0 spiro atoms. The second-order valence-corrected chi connectivity index (χ2v) is 4.55. The molecule has 0 fully saturated rings. The van der Waals surface area contributed by atoms with Gasteiger partial charge in [0.1, 0.15) is 0 Å². The van der Waals surface area contributed by atoms with Crippen molar-refractivity contribution in [1.29, 1.82) is 0 Å². The highest BCUT2D eigenvalue weighted by Crippen LogP contribution is 2.09. The number of carbonyl (C=O) groups is 1. The first-order valence-corrected chi connectivity index (χ1v) is 6.46. The van der Waals surface area contributed by atoms with Crippen LogP contribution in [0.25, 0.3) is 0 Å². The number of rotatable bonds is 7. The van der Waals surface area contributed by atoms with E-state index in [9.17, 15) is 4.79 Å². The van der Waals surface area contributed by atoms with Crippen molar-refractivity contribution in [1.82, 2.24) is 0 Å². The minimum Gasteiger partial charge on any atom is -0.295 e. The summed E-state index contributed by atoms with van der Waals surface area (Å²) in [7, 11) is 0. The molecular formula is C16H22O. The van der Waals surface area contributed by atoms with Gasteiger partial charge in [0.05, 0.1) is 0 Å². The second-order valence-electron chi connectivity index (χ2n) is 4.55. The molecule has 0 saturated carbocycles. The lowest BCUT2D eigenvalue weighted by atomic mass is 10.0. The molecule has 1 aromatic carbocycles. The van der Waals surface area contributed by atoms with Crippen molar-refractivity contribution in [2.75, 3.05) is 0 Å². The van der Waals surface area contributed by atoms with Gasteiger partial charge in [-0.15, -0.1) is 0 Å². The van der Waals surface area contributed by atoms with Crippen LogP contribution in [-0.2, 0) is 11.2 Å². The van der Waals surface area contributed by atoms with Crippen LogP contribution in [0.1, 0.15) is 45.1 Å². The fourth-order valence-corrected chi connectivity index (χ4v) is 1.76. The van der Waals surface area contributed by atoms with Crippen LogP contribution in [0.4, 0.5) is 0 Å². The quantitative estimate of drug-likeness (QED) is 0.637. The first-order valence-electron chi connectivity index (χ1n) is 6.46. The monoisotopic (exact) mass is 230 g/mol. The number of ketones is 1. The van der Waals surface area contributed by atoms with Crippen LogP contribution in [-0.4, -0.2) is 5.78 Å². The van der Waals surface area contributed by atoms with Crippen LogP contribution in [0.15, 0.2) is 42.0 Å². The average Bonchev–Trinajstić information content (AvgIpc) is 2.35. The number of carbonyl (C=O) groups excluding carboxylic acids is 1. The first kappa shape index (κ1) is 13.7. The highest BCUT2D eigenvalue weighted by molar-refractivity contribution is 5.90. The normalized spacial score (nSPS) is 11.5. The Hall–Kier alpha value is -1.37. The highest BCUT2D eigenvalue weighted by atomic mass is 16.1. The predicted molar refractivity (Wildman–Crippen MR) is 73.1 cm³/mol. The van der Waals surface area contributed by atoms with E-state index >= 15 is 0 Å². The molecule has 92 valence electrons. The number of hydrogen-bond donors (Lipinski definition) is 0. The molecule has 0 saturated heterocycles. The maximum Gasteiger partial charge on any atom is 0.155 e. The zero-order valence-corrected chi connectivity index (χ0v) is 10.9. The molecule has 0 unspecified atom stereocenters. The zero-order valence-electron chi connectivity index (χ0n) is 10.9. The summed E-state index contributed by atoms with van der Waals surface area (Å²) in [5.41, 5.74) is 2.52. The number of unbranched alkanes of at least 4 members (excludes halogenated alkanes) is 1. The van der Waals surface area contributed by atoms with Crippen molar-refractivity contribution in [2.45, 2.75) is 46.0 Å². The van der Waals surface area contributed by atoms with Crippen molar-refractivity contribution in [2.24, 2.45) is 0 Å². The minimum absolute atomic E-state index is 0.275. The lowest BCUT2D eigenvalue weighted by Gasteiger charge is -2.02. The van der Waals surface area contributed by atoms with Gasteiger partial charge in [-0.25, -0.2) is 0 Å². The Morgan fingerprint density at radius 1 is 1.18 bits per heavy atom. The summed E-state index contributed by atoms with van der Waals surface area (Å²) in [4.78, 5) is 11.5. The van der Waals surface area contributed by atoms with Gasteiger partial charge in [-0.2, -0.15) is 0 Å². The fourth-order valence-electron chi connectivity index (χ4n) is 1.76. The topological polar surface area (TPSA) is 17.1 Å². The van der Waals surface area contributed by atoms with E-state index < -0.39 is 0 Å². The van der Waals surface area contributed by atoms with E-state index in [4.69, 9.17) is 0 Å². The van der Waals surface area contributed by atoms with Gasteiger partial charge in [-0.05, 0) is 37.8 Å². The zero-order chi connectivity index (χ0) is 12.5. The maximum absolute atomic E-state index is 11.5. The van der Waals surface area contributed by atoms with Gasteiger partial charge in [-0.1, -0.05) is 49.2 Å². The molecule has 1 heteroatoms. The van der Waals surface area contributed by atoms with Crippen LogP contribution in [0.2, 0.25) is 0 Å². The van der Waals surface area contributed by atoms with E-state index in [1.807, 2.05) is 19.1 Å². The smallest absolute Gasteiger partial charge is 0.155 e. The van der Waals surface area contributed by atoms with E-state index in [0.29, 0.717) is 6.42 Å². The standard InChI is InChI=1S/C16H22O/c1-3-4-10-16(17)13-14(2)11-12-15-8-6-5-7-9-15/h5-9,13H,3-4,10-12H2,1-2H3/b14-13+. The lowest BCUT2D eigenvalue weighted by Crippen LogP contribution is -1.95. The molecule has 0 heterocycles. The third kappa shape index (κ3) is 6.06. The van der Waals surface area contributed by atoms with Gasteiger partial charge in [0, 0.05) is 6.42 Å². The Morgan fingerprint density at radius 2 is 1.88 bits per heavy atom. The maximum atomic E-state index is 11.5. The van der Waals surface area contributed by atoms with Gasteiger partial charge in [0.15, 0.2) is 5.78 Å². The third-order valence-electron chi connectivity index (χ3n) is 2.83. The van der Waals surface area contributed by atoms with Crippen LogP contribution < -0.4 is 0 Å². The van der Waals surface area contributed by atoms with Crippen LogP contribution in [0.3, 0.4) is 0 Å². The molecule has 0 bridgehead atoms. The van der Waals surface area contributed by atoms with E-state index in [2.05, 4.69) is 31.2 Å². The van der Waals surface area contributed by atoms with Gasteiger partial charge < -0.3 is 0 Å². The fraction of sp³-hybridized carbons (Fsp3) is 0.438. The molecule has 0 aromatic heterocycles. The van der Waals surface area contributed by atoms with Gasteiger partial charge in [0.2, 0.25) is 0 Å². The Balaban J connectivity index is 2.36. The van der Waals surface area contributed by atoms with Gasteiger partial charge in [0.25, 0.3) is 0 Å². The van der Waals surface area contributed by atoms with E-state index in [1.165, 1.54) is 11.1 Å². The van der Waals surface area contributed by atoms with Crippen molar-refractivity contribution in [3.63, 3.8) is 0 Å². The number of hydrogen-bond acceptors (Lipinski definition) is 1. The molecule has 1 aromatic rings. The van der Waals surface area contributed by atoms with E-state index in [-0.39, 0.29) is 5.78 Å². The second kappa shape index (κ2) is 7.83. The average molecular weight is 230 g/mol. The van der Waals surface area contributed by atoms with Crippen LogP contribution in [0.5, 0.6) is 0 Å². The molecule has 0 atom stereocenters.